The van der Waals surface area contributed by atoms with E-state index in [0.717, 1.165) is 27.8 Å². The lowest BCUT2D eigenvalue weighted by Gasteiger charge is -2.11. The molecule has 0 aliphatic rings. The van der Waals surface area contributed by atoms with E-state index in [9.17, 15) is 9.90 Å². The highest BCUT2D eigenvalue weighted by atomic mass is 16.4. The normalized spacial score (nSPS) is 10.7. The SMILES string of the molecule is Cc1cc(=O)oc2c(CNN=C(c3ccccc3)c3ccccc3)c(O)ccc12. The maximum atomic E-state index is 11.8. The second-order valence-corrected chi connectivity index (χ2v) is 6.72. The van der Waals surface area contributed by atoms with E-state index in [4.69, 9.17) is 4.42 Å². The molecule has 0 unspecified atom stereocenters. The summed E-state index contributed by atoms with van der Waals surface area (Å²) in [5, 5.41) is 15.7. The molecule has 0 radical (unpaired) electrons. The lowest BCUT2D eigenvalue weighted by atomic mass is 10.0. The van der Waals surface area contributed by atoms with E-state index in [1.165, 1.54) is 6.07 Å². The minimum atomic E-state index is -0.445. The molecule has 1 heterocycles. The van der Waals surface area contributed by atoms with E-state index in [2.05, 4.69) is 10.5 Å². The molecule has 0 fully saturated rings. The van der Waals surface area contributed by atoms with Crippen LogP contribution in [0, 0.1) is 6.92 Å². The third-order valence-corrected chi connectivity index (χ3v) is 4.74. The van der Waals surface area contributed by atoms with E-state index < -0.39 is 5.63 Å². The number of rotatable bonds is 5. The Morgan fingerprint density at radius 3 is 2.21 bits per heavy atom. The van der Waals surface area contributed by atoms with Gasteiger partial charge in [-0.3, -0.25) is 0 Å². The van der Waals surface area contributed by atoms with E-state index in [1.807, 2.05) is 67.6 Å². The molecule has 1 aromatic heterocycles. The van der Waals surface area contributed by atoms with Gasteiger partial charge >= 0.3 is 5.63 Å². The summed E-state index contributed by atoms with van der Waals surface area (Å²) >= 11 is 0. The highest BCUT2D eigenvalue weighted by molar-refractivity contribution is 6.12. The second-order valence-electron chi connectivity index (χ2n) is 6.72. The molecule has 0 aliphatic heterocycles. The number of hydrazone groups is 1. The van der Waals surface area contributed by atoms with Crippen LogP contribution in [0.3, 0.4) is 0 Å². The molecule has 0 atom stereocenters. The van der Waals surface area contributed by atoms with Crippen molar-refractivity contribution in [2.45, 2.75) is 13.5 Å². The first-order chi connectivity index (χ1) is 14.1. The number of hydrogen-bond donors (Lipinski definition) is 2. The number of aromatic hydroxyl groups is 1. The number of aryl methyl sites for hydroxylation is 1. The number of benzene rings is 3. The molecule has 5 heteroatoms. The predicted molar refractivity (Wildman–Crippen MR) is 114 cm³/mol. The largest absolute Gasteiger partial charge is 0.507 e. The Balaban J connectivity index is 1.71. The first kappa shape index (κ1) is 18.5. The highest BCUT2D eigenvalue weighted by Crippen LogP contribution is 2.28. The van der Waals surface area contributed by atoms with E-state index in [0.29, 0.717) is 11.1 Å². The Kier molecular flexibility index (Phi) is 5.12. The summed E-state index contributed by atoms with van der Waals surface area (Å²) in [6.45, 7) is 2.05. The van der Waals surface area contributed by atoms with Crippen LogP contribution in [0.5, 0.6) is 5.75 Å². The second kappa shape index (κ2) is 8.02. The first-order valence-electron chi connectivity index (χ1n) is 9.30. The highest BCUT2D eigenvalue weighted by Gasteiger charge is 2.12. The lowest BCUT2D eigenvalue weighted by molar-refractivity contribution is 0.461. The Bertz CT molecular complexity index is 1190. The van der Waals surface area contributed by atoms with Crippen molar-refractivity contribution in [2.24, 2.45) is 5.10 Å². The Morgan fingerprint density at radius 1 is 0.966 bits per heavy atom. The molecule has 0 saturated carbocycles. The third-order valence-electron chi connectivity index (χ3n) is 4.74. The average molecular weight is 384 g/mol. The van der Waals surface area contributed by atoms with Crippen molar-refractivity contribution in [3.05, 3.63) is 112 Å². The number of nitrogens with one attached hydrogen (secondary N) is 1. The molecule has 0 aliphatic carbocycles. The molecule has 0 saturated heterocycles. The van der Waals surface area contributed by atoms with Crippen LogP contribution in [-0.2, 0) is 6.54 Å². The van der Waals surface area contributed by atoms with Gasteiger partial charge in [0.25, 0.3) is 0 Å². The number of phenolic OH excluding ortho intramolecular Hbond substituents is 1. The van der Waals surface area contributed by atoms with Crippen LogP contribution in [-0.4, -0.2) is 10.8 Å². The summed E-state index contributed by atoms with van der Waals surface area (Å²) in [7, 11) is 0. The van der Waals surface area contributed by atoms with Gasteiger partial charge in [0.15, 0.2) is 0 Å². The summed E-state index contributed by atoms with van der Waals surface area (Å²) in [5.74, 6) is 0.0509. The zero-order chi connectivity index (χ0) is 20.2. The maximum absolute atomic E-state index is 11.8. The fraction of sp³-hybridized carbons (Fsp3) is 0.0833. The van der Waals surface area contributed by atoms with Crippen molar-refractivity contribution in [1.82, 2.24) is 5.43 Å². The minimum absolute atomic E-state index is 0.0509. The molecule has 29 heavy (non-hydrogen) atoms. The van der Waals surface area contributed by atoms with Crippen LogP contribution in [0.4, 0.5) is 0 Å². The van der Waals surface area contributed by atoms with E-state index in [1.54, 1.807) is 12.1 Å². The molecular formula is C24H20N2O3. The molecule has 144 valence electrons. The first-order valence-corrected chi connectivity index (χ1v) is 9.30. The molecular weight excluding hydrogens is 364 g/mol. The van der Waals surface area contributed by atoms with Crippen LogP contribution in [0.2, 0.25) is 0 Å². The van der Waals surface area contributed by atoms with Gasteiger partial charge in [-0.1, -0.05) is 60.7 Å². The van der Waals surface area contributed by atoms with Gasteiger partial charge in [-0.15, -0.1) is 0 Å². The maximum Gasteiger partial charge on any atom is 0.336 e. The molecule has 4 aromatic rings. The van der Waals surface area contributed by atoms with Crippen LogP contribution < -0.4 is 11.1 Å². The summed E-state index contributed by atoms with van der Waals surface area (Å²) in [5.41, 5.74) is 6.98. The topological polar surface area (TPSA) is 74.8 Å². The summed E-state index contributed by atoms with van der Waals surface area (Å²) in [6.07, 6.45) is 0. The van der Waals surface area contributed by atoms with Gasteiger partial charge in [-0.25, -0.2) is 4.79 Å². The molecule has 2 N–H and O–H groups in total. The van der Waals surface area contributed by atoms with Crippen molar-refractivity contribution < 1.29 is 9.52 Å². The molecule has 0 spiro atoms. The number of nitrogens with zero attached hydrogens (tertiary/aromatic N) is 1. The molecule has 0 bridgehead atoms. The summed E-state index contributed by atoms with van der Waals surface area (Å²) in [4.78, 5) is 11.8. The zero-order valence-electron chi connectivity index (χ0n) is 15.9. The Hall–Kier alpha value is -3.86. The monoisotopic (exact) mass is 384 g/mol. The fourth-order valence-electron chi connectivity index (χ4n) is 3.29. The third kappa shape index (κ3) is 3.89. The van der Waals surface area contributed by atoms with Gasteiger partial charge < -0.3 is 14.9 Å². The van der Waals surface area contributed by atoms with Crippen LogP contribution in [0.15, 0.2) is 93.2 Å². The van der Waals surface area contributed by atoms with Gasteiger partial charge in [0.2, 0.25) is 0 Å². The number of phenols is 1. The van der Waals surface area contributed by atoms with Crippen molar-refractivity contribution in [3.63, 3.8) is 0 Å². The molecule has 0 amide bonds. The van der Waals surface area contributed by atoms with Gasteiger partial charge in [0.1, 0.15) is 11.3 Å². The van der Waals surface area contributed by atoms with Crippen LogP contribution in [0.25, 0.3) is 11.0 Å². The summed E-state index contributed by atoms with van der Waals surface area (Å²) < 4.78 is 5.38. The van der Waals surface area contributed by atoms with Gasteiger partial charge in [-0.2, -0.15) is 5.10 Å². The zero-order valence-corrected chi connectivity index (χ0v) is 15.9. The van der Waals surface area contributed by atoms with E-state index >= 15 is 0 Å². The molecule has 5 nitrogen and oxygen atoms in total. The predicted octanol–water partition coefficient (Wildman–Crippen LogP) is 4.35. The van der Waals surface area contributed by atoms with Crippen LogP contribution >= 0.6 is 0 Å². The Labute approximate surface area is 167 Å². The van der Waals surface area contributed by atoms with Crippen molar-refractivity contribution in [1.29, 1.82) is 0 Å². The van der Waals surface area contributed by atoms with Crippen molar-refractivity contribution in [3.8, 4) is 5.75 Å². The van der Waals surface area contributed by atoms with Gasteiger partial charge in [0.05, 0.1) is 17.8 Å². The molecule has 3 aromatic carbocycles. The summed E-state index contributed by atoms with van der Waals surface area (Å²) in [6, 6.07) is 24.5. The van der Waals surface area contributed by atoms with Crippen LogP contribution in [0.1, 0.15) is 22.3 Å². The average Bonchev–Trinajstić information content (AvgIpc) is 2.73. The number of fused-ring (bicyclic) bond motifs is 1. The Morgan fingerprint density at radius 2 is 1.59 bits per heavy atom. The van der Waals surface area contributed by atoms with Crippen molar-refractivity contribution >= 4 is 16.7 Å². The number of hydrogen-bond acceptors (Lipinski definition) is 5. The quantitative estimate of drug-likeness (QED) is 0.305. The van der Waals surface area contributed by atoms with Gasteiger partial charge in [-0.05, 0) is 24.6 Å². The van der Waals surface area contributed by atoms with Gasteiger partial charge in [0, 0.05) is 22.6 Å². The van der Waals surface area contributed by atoms with E-state index in [-0.39, 0.29) is 12.3 Å². The standard InChI is InChI=1S/C24H20N2O3/c1-16-14-22(28)29-24-19(16)12-13-21(27)20(24)15-25-26-23(17-8-4-2-5-9-17)18-10-6-3-7-11-18/h2-14,25,27H,15H2,1H3. The fourth-order valence-corrected chi connectivity index (χ4v) is 3.29. The molecule has 4 rings (SSSR count). The lowest BCUT2D eigenvalue weighted by Crippen LogP contribution is -2.13. The van der Waals surface area contributed by atoms with Crippen molar-refractivity contribution in [2.75, 3.05) is 0 Å². The minimum Gasteiger partial charge on any atom is -0.507 e. The smallest absolute Gasteiger partial charge is 0.336 e.